The van der Waals surface area contributed by atoms with Crippen LogP contribution in [0.4, 0.5) is 4.79 Å². The summed E-state index contributed by atoms with van der Waals surface area (Å²) < 4.78 is 0. The van der Waals surface area contributed by atoms with Gasteiger partial charge in [-0.2, -0.15) is 0 Å². The Morgan fingerprint density at radius 1 is 1.44 bits per heavy atom. The average molecular weight is 256 g/mol. The molecule has 1 atom stereocenters. The van der Waals surface area contributed by atoms with Gasteiger partial charge in [0.05, 0.1) is 6.54 Å². The van der Waals surface area contributed by atoms with Crippen molar-refractivity contribution in [1.82, 2.24) is 15.5 Å². The molecule has 1 aliphatic rings. The quantitative estimate of drug-likeness (QED) is 0.655. The molecule has 0 bridgehead atoms. The molecule has 0 aliphatic carbocycles. The predicted octanol–water partition coefficient (Wildman–Crippen LogP) is -0.109. The number of carbonyl (C=O) groups is 2. The Morgan fingerprint density at radius 3 is 2.78 bits per heavy atom. The zero-order valence-corrected chi connectivity index (χ0v) is 11.2. The summed E-state index contributed by atoms with van der Waals surface area (Å²) in [6, 6.07) is -0.281. The van der Waals surface area contributed by atoms with Crippen LogP contribution in [0.3, 0.4) is 0 Å². The number of piperidine rings is 1. The van der Waals surface area contributed by atoms with Gasteiger partial charge in [-0.05, 0) is 25.3 Å². The molecule has 1 fully saturated rings. The highest BCUT2D eigenvalue weighted by Crippen LogP contribution is 2.07. The van der Waals surface area contributed by atoms with Crippen molar-refractivity contribution < 1.29 is 9.59 Å². The molecule has 1 aliphatic heterocycles. The standard InChI is InChI=1S/C12H24N4O2/c1-9(2)6-14-12(18)15-11(17)8-16-5-3-4-10(13)7-16/h9-10H,3-8,13H2,1-2H3,(H2,14,15,17,18). The number of rotatable bonds is 4. The molecule has 0 aromatic carbocycles. The van der Waals surface area contributed by atoms with Gasteiger partial charge < -0.3 is 11.1 Å². The maximum Gasteiger partial charge on any atom is 0.321 e. The van der Waals surface area contributed by atoms with Gasteiger partial charge in [0.1, 0.15) is 0 Å². The van der Waals surface area contributed by atoms with Crippen molar-refractivity contribution in [3.05, 3.63) is 0 Å². The molecule has 6 nitrogen and oxygen atoms in total. The lowest BCUT2D eigenvalue weighted by molar-refractivity contribution is -0.121. The summed E-state index contributed by atoms with van der Waals surface area (Å²) in [5, 5.41) is 4.97. The number of amides is 3. The molecule has 0 radical (unpaired) electrons. The normalized spacial score (nSPS) is 20.8. The van der Waals surface area contributed by atoms with Crippen molar-refractivity contribution in [1.29, 1.82) is 0 Å². The van der Waals surface area contributed by atoms with Crippen LogP contribution in [0.5, 0.6) is 0 Å². The van der Waals surface area contributed by atoms with Crippen LogP contribution in [0.2, 0.25) is 0 Å². The van der Waals surface area contributed by atoms with E-state index in [2.05, 4.69) is 10.6 Å². The van der Waals surface area contributed by atoms with Crippen LogP contribution >= 0.6 is 0 Å². The zero-order chi connectivity index (χ0) is 13.5. The third-order valence-corrected chi connectivity index (χ3v) is 2.83. The first-order valence-electron chi connectivity index (χ1n) is 6.53. The minimum atomic E-state index is -0.421. The number of likely N-dealkylation sites (tertiary alicyclic amines) is 1. The zero-order valence-electron chi connectivity index (χ0n) is 11.2. The first kappa shape index (κ1) is 14.9. The van der Waals surface area contributed by atoms with Crippen molar-refractivity contribution in [2.45, 2.75) is 32.7 Å². The summed E-state index contributed by atoms with van der Waals surface area (Å²) >= 11 is 0. The molecule has 4 N–H and O–H groups in total. The SMILES string of the molecule is CC(C)CNC(=O)NC(=O)CN1CCCC(N)C1. The number of urea groups is 1. The Bertz CT molecular complexity index is 294. The predicted molar refractivity (Wildman–Crippen MR) is 70.0 cm³/mol. The fraction of sp³-hybridized carbons (Fsp3) is 0.833. The van der Waals surface area contributed by atoms with E-state index in [1.807, 2.05) is 18.7 Å². The monoisotopic (exact) mass is 256 g/mol. The Hall–Kier alpha value is -1.14. The van der Waals surface area contributed by atoms with E-state index >= 15 is 0 Å². The smallest absolute Gasteiger partial charge is 0.321 e. The minimum absolute atomic E-state index is 0.140. The number of nitrogens with two attached hydrogens (primary N) is 1. The van der Waals surface area contributed by atoms with Gasteiger partial charge in [-0.25, -0.2) is 4.79 Å². The second-order valence-electron chi connectivity index (χ2n) is 5.29. The lowest BCUT2D eigenvalue weighted by Crippen LogP contribution is -2.49. The third-order valence-electron chi connectivity index (χ3n) is 2.83. The van der Waals surface area contributed by atoms with Crippen LogP contribution in [0.15, 0.2) is 0 Å². The number of hydrogen-bond acceptors (Lipinski definition) is 4. The van der Waals surface area contributed by atoms with Crippen molar-refractivity contribution in [2.75, 3.05) is 26.2 Å². The Labute approximate surface area is 108 Å². The van der Waals surface area contributed by atoms with Gasteiger partial charge >= 0.3 is 6.03 Å². The number of nitrogens with one attached hydrogen (secondary N) is 2. The van der Waals surface area contributed by atoms with E-state index in [0.29, 0.717) is 12.5 Å². The Kier molecular flexibility index (Phi) is 6.07. The molecule has 3 amide bonds. The molecule has 6 heteroatoms. The van der Waals surface area contributed by atoms with Crippen LogP contribution in [0, 0.1) is 5.92 Å². The number of nitrogens with zero attached hydrogens (tertiary/aromatic N) is 1. The largest absolute Gasteiger partial charge is 0.338 e. The highest BCUT2D eigenvalue weighted by atomic mass is 16.2. The molecular weight excluding hydrogens is 232 g/mol. The van der Waals surface area contributed by atoms with Gasteiger partial charge in [0.25, 0.3) is 0 Å². The van der Waals surface area contributed by atoms with E-state index < -0.39 is 6.03 Å². The van der Waals surface area contributed by atoms with Crippen molar-refractivity contribution in [3.63, 3.8) is 0 Å². The maximum atomic E-state index is 11.6. The lowest BCUT2D eigenvalue weighted by Gasteiger charge is -2.29. The van der Waals surface area contributed by atoms with E-state index in [0.717, 1.165) is 25.9 Å². The molecule has 0 aromatic rings. The second kappa shape index (κ2) is 7.33. The molecule has 1 saturated heterocycles. The van der Waals surface area contributed by atoms with Crippen molar-refractivity contribution in [2.24, 2.45) is 11.7 Å². The number of hydrogen-bond donors (Lipinski definition) is 3. The van der Waals surface area contributed by atoms with Gasteiger partial charge in [0, 0.05) is 19.1 Å². The van der Waals surface area contributed by atoms with Crippen LogP contribution in [0.1, 0.15) is 26.7 Å². The van der Waals surface area contributed by atoms with E-state index in [4.69, 9.17) is 5.73 Å². The van der Waals surface area contributed by atoms with Crippen molar-refractivity contribution in [3.8, 4) is 0 Å². The molecule has 104 valence electrons. The molecule has 0 aromatic heterocycles. The fourth-order valence-electron chi connectivity index (χ4n) is 1.95. The highest BCUT2D eigenvalue weighted by molar-refractivity contribution is 5.95. The van der Waals surface area contributed by atoms with Gasteiger partial charge in [-0.15, -0.1) is 0 Å². The second-order valence-corrected chi connectivity index (χ2v) is 5.29. The molecule has 1 rings (SSSR count). The highest BCUT2D eigenvalue weighted by Gasteiger charge is 2.19. The Balaban J connectivity index is 2.22. The topological polar surface area (TPSA) is 87.5 Å². The number of carbonyl (C=O) groups excluding carboxylic acids is 2. The van der Waals surface area contributed by atoms with Gasteiger partial charge in [-0.1, -0.05) is 13.8 Å². The summed E-state index contributed by atoms with van der Waals surface area (Å²) in [6.07, 6.45) is 2.01. The van der Waals surface area contributed by atoms with Gasteiger partial charge in [0.2, 0.25) is 5.91 Å². The average Bonchev–Trinajstić information content (AvgIpc) is 2.26. The molecular formula is C12H24N4O2. The fourth-order valence-corrected chi connectivity index (χ4v) is 1.95. The molecule has 0 saturated carbocycles. The summed E-state index contributed by atoms with van der Waals surface area (Å²) in [5.74, 6) is 0.0938. The van der Waals surface area contributed by atoms with Crippen LogP contribution < -0.4 is 16.4 Å². The van der Waals surface area contributed by atoms with Crippen molar-refractivity contribution >= 4 is 11.9 Å². The lowest BCUT2D eigenvalue weighted by atomic mass is 10.1. The third kappa shape index (κ3) is 5.97. The first-order chi connectivity index (χ1) is 8.47. The number of imide groups is 1. The summed E-state index contributed by atoms with van der Waals surface area (Å²) in [4.78, 5) is 25.0. The summed E-state index contributed by atoms with van der Waals surface area (Å²) in [6.45, 7) is 6.39. The van der Waals surface area contributed by atoms with Crippen LogP contribution in [-0.2, 0) is 4.79 Å². The summed E-state index contributed by atoms with van der Waals surface area (Å²) in [5.41, 5.74) is 5.83. The minimum Gasteiger partial charge on any atom is -0.338 e. The van der Waals surface area contributed by atoms with E-state index in [-0.39, 0.29) is 18.5 Å². The van der Waals surface area contributed by atoms with E-state index in [1.165, 1.54) is 0 Å². The van der Waals surface area contributed by atoms with Gasteiger partial charge in [-0.3, -0.25) is 15.0 Å². The molecule has 1 heterocycles. The first-order valence-corrected chi connectivity index (χ1v) is 6.53. The Morgan fingerprint density at radius 2 is 2.17 bits per heavy atom. The van der Waals surface area contributed by atoms with Crippen LogP contribution in [0.25, 0.3) is 0 Å². The molecule has 18 heavy (non-hydrogen) atoms. The molecule has 1 unspecified atom stereocenters. The van der Waals surface area contributed by atoms with E-state index in [1.54, 1.807) is 0 Å². The maximum absolute atomic E-state index is 11.6. The van der Waals surface area contributed by atoms with E-state index in [9.17, 15) is 9.59 Å². The van der Waals surface area contributed by atoms with Crippen LogP contribution in [-0.4, -0.2) is 49.1 Å². The van der Waals surface area contributed by atoms with Gasteiger partial charge in [0.15, 0.2) is 0 Å². The molecule has 0 spiro atoms. The summed E-state index contributed by atoms with van der Waals surface area (Å²) in [7, 11) is 0.